The molecule has 1 fully saturated rings. The van der Waals surface area contributed by atoms with Gasteiger partial charge in [-0.25, -0.2) is 13.2 Å². The van der Waals surface area contributed by atoms with E-state index >= 15 is 0 Å². The Balaban J connectivity index is 2.27. The fraction of sp³-hybridized carbons (Fsp3) is 0.686. The average Bonchev–Trinajstić information content (AvgIpc) is 2.93. The number of hydrogen-bond donors (Lipinski definition) is 4. The van der Waals surface area contributed by atoms with Gasteiger partial charge in [-0.3, -0.25) is 19.2 Å². The van der Waals surface area contributed by atoms with Gasteiger partial charge in [-0.15, -0.1) is 0 Å². The third kappa shape index (κ3) is 12.5. The molecule has 1 aromatic carbocycles. The summed E-state index contributed by atoms with van der Waals surface area (Å²) in [6.07, 6.45) is 3.97. The van der Waals surface area contributed by atoms with E-state index in [1.807, 2.05) is 26.8 Å². The molecule has 0 aliphatic heterocycles. The van der Waals surface area contributed by atoms with Gasteiger partial charge in [0, 0.05) is 6.54 Å². The van der Waals surface area contributed by atoms with Crippen LogP contribution in [0.15, 0.2) is 30.3 Å². The highest BCUT2D eigenvalue weighted by Gasteiger charge is 2.41. The molecule has 2 unspecified atom stereocenters. The molecule has 1 aliphatic rings. The highest BCUT2D eigenvalue weighted by atomic mass is 32.2. The largest absolute Gasteiger partial charge is 0.363 e. The van der Waals surface area contributed by atoms with Gasteiger partial charge in [0.15, 0.2) is 9.84 Å². The van der Waals surface area contributed by atoms with E-state index in [1.165, 1.54) is 11.8 Å². The van der Waals surface area contributed by atoms with Gasteiger partial charge in [0.05, 0.1) is 23.1 Å². The van der Waals surface area contributed by atoms with Gasteiger partial charge in [0.25, 0.3) is 5.91 Å². The van der Waals surface area contributed by atoms with Crippen molar-refractivity contribution in [3.05, 3.63) is 35.9 Å². The highest BCUT2D eigenvalue weighted by molar-refractivity contribution is 7.90. The average molecular weight is 692 g/mol. The van der Waals surface area contributed by atoms with E-state index in [4.69, 9.17) is 5.73 Å². The minimum atomic E-state index is -3.64. The van der Waals surface area contributed by atoms with E-state index < -0.39 is 68.5 Å². The van der Waals surface area contributed by atoms with Crippen LogP contribution in [0.25, 0.3) is 0 Å². The van der Waals surface area contributed by atoms with Gasteiger partial charge in [-0.05, 0) is 55.9 Å². The van der Waals surface area contributed by atoms with Crippen LogP contribution < -0.4 is 21.7 Å². The predicted molar refractivity (Wildman–Crippen MR) is 186 cm³/mol. The van der Waals surface area contributed by atoms with Gasteiger partial charge in [0.1, 0.15) is 12.1 Å². The zero-order chi connectivity index (χ0) is 36.4. The summed E-state index contributed by atoms with van der Waals surface area (Å²) >= 11 is 0. The lowest BCUT2D eigenvalue weighted by molar-refractivity contribution is -0.144. The number of carbonyl (C=O) groups is 5. The summed E-state index contributed by atoms with van der Waals surface area (Å²) in [5.74, 6) is -3.36. The van der Waals surface area contributed by atoms with Crippen LogP contribution in [-0.2, 0) is 34.8 Å². The number of benzene rings is 1. The van der Waals surface area contributed by atoms with E-state index in [0.29, 0.717) is 24.8 Å². The second-order valence-electron chi connectivity index (χ2n) is 15.1. The molecule has 0 heterocycles. The first-order chi connectivity index (χ1) is 22.2. The molecule has 48 heavy (non-hydrogen) atoms. The highest BCUT2D eigenvalue weighted by Crippen LogP contribution is 2.31. The molecule has 1 saturated carbocycles. The number of nitrogens with zero attached hydrogens (tertiary/aromatic N) is 1. The standard InChI is InChI=1S/C35H57N5O7S/c1-9-18-40(24(4)31(43)37-27(28(41)30(36)42)19-25-16-13-17-25)32(44)29(34(5,6)7)38-33(45)39-35(8,20-23(2)3)22-48(46,47)21-26-14-11-10-12-15-26/h10-12,14-15,23-25,27,29H,9,13,16-22H2,1-8H3,(H2,36,42)(H,37,43)(H2,38,39,45)/t24-,27?,29+,35?/m0/s1. The first-order valence-electron chi connectivity index (χ1n) is 17.0. The molecule has 12 nitrogen and oxygen atoms in total. The molecule has 13 heteroatoms. The van der Waals surface area contributed by atoms with Crippen LogP contribution in [0.2, 0.25) is 0 Å². The fourth-order valence-electron chi connectivity index (χ4n) is 6.30. The molecule has 0 bridgehead atoms. The van der Waals surface area contributed by atoms with Crippen molar-refractivity contribution in [1.82, 2.24) is 20.9 Å². The van der Waals surface area contributed by atoms with Crippen LogP contribution in [0.3, 0.4) is 0 Å². The SMILES string of the molecule is CCCN(C(=O)[C@@H](NC(=O)NC(C)(CC(C)C)CS(=O)(=O)Cc1ccccc1)C(C)(C)C)[C@@H](C)C(=O)NC(CC1CCC1)C(=O)C(N)=O. The Kier molecular flexibility index (Phi) is 14.6. The van der Waals surface area contributed by atoms with Crippen molar-refractivity contribution in [3.8, 4) is 0 Å². The molecule has 1 aromatic rings. The van der Waals surface area contributed by atoms with Crippen LogP contribution in [0, 0.1) is 17.3 Å². The van der Waals surface area contributed by atoms with Crippen molar-refractivity contribution in [2.24, 2.45) is 23.0 Å². The van der Waals surface area contributed by atoms with E-state index in [1.54, 1.807) is 52.0 Å². The zero-order valence-electron chi connectivity index (χ0n) is 29.9. The molecular weight excluding hydrogens is 634 g/mol. The molecule has 2 rings (SSSR count). The van der Waals surface area contributed by atoms with Crippen molar-refractivity contribution in [2.75, 3.05) is 12.3 Å². The van der Waals surface area contributed by atoms with Crippen LogP contribution in [0.1, 0.15) is 99.5 Å². The minimum Gasteiger partial charge on any atom is -0.363 e. The first-order valence-corrected chi connectivity index (χ1v) is 18.8. The quantitative estimate of drug-likeness (QED) is 0.170. The molecular formula is C35H57N5O7S. The molecule has 0 aromatic heterocycles. The Labute approximate surface area is 286 Å². The summed E-state index contributed by atoms with van der Waals surface area (Å²) in [5.41, 5.74) is 3.97. The summed E-state index contributed by atoms with van der Waals surface area (Å²) in [6.45, 7) is 14.5. The number of nitrogens with one attached hydrogen (secondary N) is 3. The van der Waals surface area contributed by atoms with Gasteiger partial charge in [0.2, 0.25) is 17.6 Å². The molecule has 270 valence electrons. The number of sulfone groups is 1. The molecule has 0 saturated heterocycles. The second kappa shape index (κ2) is 17.3. The molecule has 1 aliphatic carbocycles. The number of amides is 5. The van der Waals surface area contributed by atoms with Crippen molar-refractivity contribution >= 4 is 39.4 Å². The number of ketones is 1. The number of rotatable bonds is 18. The van der Waals surface area contributed by atoms with Crippen molar-refractivity contribution in [1.29, 1.82) is 0 Å². The molecule has 5 N–H and O–H groups in total. The Hall–Kier alpha value is -3.48. The third-order valence-electron chi connectivity index (χ3n) is 8.69. The van der Waals surface area contributed by atoms with Crippen LogP contribution in [0.4, 0.5) is 4.79 Å². The monoisotopic (exact) mass is 691 g/mol. The smallest absolute Gasteiger partial charge is 0.315 e. The topological polar surface area (TPSA) is 185 Å². The number of hydrogen-bond acceptors (Lipinski definition) is 7. The number of carbonyl (C=O) groups excluding carboxylic acids is 5. The zero-order valence-corrected chi connectivity index (χ0v) is 30.7. The summed E-state index contributed by atoms with van der Waals surface area (Å²) in [5, 5.41) is 8.31. The molecule has 5 amide bonds. The lowest BCUT2D eigenvalue weighted by atomic mass is 9.80. The third-order valence-corrected chi connectivity index (χ3v) is 10.5. The first kappa shape index (κ1) is 40.7. The van der Waals surface area contributed by atoms with Crippen molar-refractivity contribution in [3.63, 3.8) is 0 Å². The maximum absolute atomic E-state index is 14.2. The van der Waals surface area contributed by atoms with E-state index in [0.717, 1.165) is 19.3 Å². The maximum atomic E-state index is 14.2. The van der Waals surface area contributed by atoms with E-state index in [9.17, 15) is 32.4 Å². The van der Waals surface area contributed by atoms with Crippen molar-refractivity contribution < 1.29 is 32.4 Å². The molecule has 4 atom stereocenters. The van der Waals surface area contributed by atoms with Crippen molar-refractivity contribution in [2.45, 2.75) is 123 Å². The number of urea groups is 1. The second-order valence-corrected chi connectivity index (χ2v) is 17.2. The summed E-state index contributed by atoms with van der Waals surface area (Å²) < 4.78 is 26.6. The Morgan fingerprint density at radius 1 is 0.979 bits per heavy atom. The Bertz CT molecular complexity index is 1390. The van der Waals surface area contributed by atoms with Crippen LogP contribution >= 0.6 is 0 Å². The predicted octanol–water partition coefficient (Wildman–Crippen LogP) is 3.48. The van der Waals surface area contributed by atoms with Crippen LogP contribution in [0.5, 0.6) is 0 Å². The Morgan fingerprint density at radius 2 is 1.58 bits per heavy atom. The summed E-state index contributed by atoms with van der Waals surface area (Å²) in [6, 6.07) is 4.91. The molecule has 0 spiro atoms. The van der Waals surface area contributed by atoms with Gasteiger partial charge in [-0.1, -0.05) is 91.1 Å². The summed E-state index contributed by atoms with van der Waals surface area (Å²) in [7, 11) is -3.64. The number of primary amides is 1. The lowest BCUT2D eigenvalue weighted by Crippen LogP contribution is -2.63. The lowest BCUT2D eigenvalue weighted by Gasteiger charge is -2.39. The number of Topliss-reactive ketones (excluding diaryl/α,β-unsaturated/α-hetero) is 1. The van der Waals surface area contributed by atoms with Gasteiger partial charge in [-0.2, -0.15) is 0 Å². The number of nitrogens with two attached hydrogens (primary N) is 1. The van der Waals surface area contributed by atoms with Gasteiger partial charge >= 0.3 is 6.03 Å². The maximum Gasteiger partial charge on any atom is 0.315 e. The van der Waals surface area contributed by atoms with E-state index in [-0.39, 0.29) is 29.9 Å². The fourth-order valence-corrected chi connectivity index (χ4v) is 8.27. The van der Waals surface area contributed by atoms with Gasteiger partial charge < -0.3 is 26.6 Å². The van der Waals surface area contributed by atoms with E-state index in [2.05, 4.69) is 16.0 Å². The van der Waals surface area contributed by atoms with Crippen LogP contribution in [-0.4, -0.2) is 78.8 Å². The Morgan fingerprint density at radius 3 is 2.06 bits per heavy atom. The minimum absolute atomic E-state index is 0.0521. The summed E-state index contributed by atoms with van der Waals surface area (Å²) in [4.78, 5) is 66.9. The molecule has 0 radical (unpaired) electrons. The normalized spacial score (nSPS) is 16.9.